The average molecular weight is 557 g/mol. The zero-order valence-electron chi connectivity index (χ0n) is 22.7. The minimum absolute atomic E-state index is 0.0596. The fourth-order valence-corrected chi connectivity index (χ4v) is 7.16. The molecular weight excluding hydrogens is 524 g/mol. The van der Waals surface area contributed by atoms with Gasteiger partial charge in [0.1, 0.15) is 28.1 Å². The van der Waals surface area contributed by atoms with E-state index in [4.69, 9.17) is 5.73 Å². The molecule has 2 fully saturated rings. The number of rotatable bonds is 5. The molecule has 1 aromatic rings. The molecule has 0 heterocycles. The molecular formula is C27H32N4O9. The summed E-state index contributed by atoms with van der Waals surface area (Å²) in [4.78, 5) is 67.9. The van der Waals surface area contributed by atoms with Crippen LogP contribution in [0, 0.1) is 17.3 Å². The van der Waals surface area contributed by atoms with Crippen LogP contribution < -0.4 is 21.3 Å². The van der Waals surface area contributed by atoms with Crippen molar-refractivity contribution in [3.05, 3.63) is 28.5 Å². The predicted octanol–water partition coefficient (Wildman–Crippen LogP) is -0.929. The topological polar surface area (TPSA) is 220 Å². The second kappa shape index (κ2) is 8.12. The Kier molecular flexibility index (Phi) is 5.63. The molecule has 1 spiro atoms. The summed E-state index contributed by atoms with van der Waals surface area (Å²) in [5.41, 5.74) is -4.44. The molecule has 4 aliphatic carbocycles. The first kappa shape index (κ1) is 27.7. The number of nitrogens with zero attached hydrogens (tertiary/aromatic N) is 1. The number of amides is 2. The number of Topliss-reactive ketones (excluding diaryl/α,β-unsaturated/α-hetero) is 3. The van der Waals surface area contributed by atoms with Crippen molar-refractivity contribution in [2.24, 2.45) is 23.0 Å². The van der Waals surface area contributed by atoms with E-state index >= 15 is 0 Å². The van der Waals surface area contributed by atoms with Gasteiger partial charge in [-0.15, -0.1) is 0 Å². The maximum absolute atomic E-state index is 14.4. The Bertz CT molecular complexity index is 1470. The number of hydrogen-bond acceptors (Lipinski definition) is 11. The lowest BCUT2D eigenvalue weighted by atomic mass is 9.58. The highest BCUT2D eigenvalue weighted by Gasteiger charge is 2.90. The van der Waals surface area contributed by atoms with Crippen LogP contribution in [0.1, 0.15) is 43.1 Å². The van der Waals surface area contributed by atoms with Crippen molar-refractivity contribution in [3.63, 3.8) is 0 Å². The lowest BCUT2D eigenvalue weighted by Crippen LogP contribution is -2.60. The van der Waals surface area contributed by atoms with Gasteiger partial charge in [0.15, 0.2) is 17.2 Å². The number of anilines is 2. The van der Waals surface area contributed by atoms with Crippen LogP contribution >= 0.6 is 0 Å². The molecule has 1 aromatic carbocycles. The summed E-state index contributed by atoms with van der Waals surface area (Å²) in [5.74, 6) is -10.5. The largest absolute Gasteiger partial charge is 0.508 e. The molecule has 4 aliphatic rings. The van der Waals surface area contributed by atoms with E-state index in [-0.39, 0.29) is 30.6 Å². The first-order chi connectivity index (χ1) is 18.4. The van der Waals surface area contributed by atoms with Crippen molar-refractivity contribution in [2.45, 2.75) is 50.4 Å². The second-order valence-electron chi connectivity index (χ2n) is 12.3. The van der Waals surface area contributed by atoms with Crippen LogP contribution in [0.5, 0.6) is 5.75 Å². The van der Waals surface area contributed by atoms with E-state index in [1.54, 1.807) is 19.0 Å². The molecule has 0 aromatic heterocycles. The summed E-state index contributed by atoms with van der Waals surface area (Å²) >= 11 is 0. The summed E-state index contributed by atoms with van der Waals surface area (Å²) < 4.78 is 0. The standard InChI is InChI=1S/C27H32N4O9/c1-24(2,3)29-9-15(32)30-12-8-13(31(4)5)11-6-10-7-14-26(39)20(35)17(22(28)37)21(36)27(14,40)25(10,23(26)38)19(34)16(11)18(12)33/h8,10,14,29,33,36,39-40H,6-7,9H2,1-5H3,(H2,28,37)(H,30,32)/t10-,14+,25?,26+,27-/m0/s1. The van der Waals surface area contributed by atoms with Crippen molar-refractivity contribution < 1.29 is 44.4 Å². The molecule has 40 heavy (non-hydrogen) atoms. The lowest BCUT2D eigenvalue weighted by molar-refractivity contribution is -0.158. The number of nitrogens with two attached hydrogens (primary N) is 1. The molecule has 13 nitrogen and oxygen atoms in total. The highest BCUT2D eigenvalue weighted by molar-refractivity contribution is 6.37. The third-order valence-corrected chi connectivity index (χ3v) is 8.82. The molecule has 2 amide bonds. The van der Waals surface area contributed by atoms with Crippen molar-refractivity contribution in [3.8, 4) is 5.75 Å². The van der Waals surface area contributed by atoms with Gasteiger partial charge in [-0.25, -0.2) is 0 Å². The van der Waals surface area contributed by atoms with E-state index in [1.807, 2.05) is 20.8 Å². The molecule has 13 heteroatoms. The van der Waals surface area contributed by atoms with Crippen LogP contribution in [-0.2, 0) is 25.6 Å². The van der Waals surface area contributed by atoms with E-state index in [2.05, 4.69) is 10.6 Å². The van der Waals surface area contributed by atoms with Gasteiger partial charge in [0.05, 0.1) is 17.8 Å². The zero-order valence-corrected chi connectivity index (χ0v) is 22.7. The molecule has 5 rings (SSSR count). The highest BCUT2D eigenvalue weighted by atomic mass is 16.4. The Balaban J connectivity index is 1.71. The summed E-state index contributed by atoms with van der Waals surface area (Å²) in [5, 5.41) is 51.2. The molecule has 214 valence electrons. The number of carbonyl (C=O) groups is 5. The number of ketones is 3. The number of benzene rings is 1. The van der Waals surface area contributed by atoms with E-state index < -0.39 is 80.3 Å². The molecule has 0 aliphatic heterocycles. The fraction of sp³-hybridized carbons (Fsp3) is 0.519. The zero-order chi connectivity index (χ0) is 29.9. The lowest BCUT2D eigenvalue weighted by Gasteiger charge is -2.43. The van der Waals surface area contributed by atoms with E-state index in [9.17, 15) is 44.4 Å². The van der Waals surface area contributed by atoms with Crippen LogP contribution in [0.15, 0.2) is 17.4 Å². The SMILES string of the molecule is CN(C)c1cc(NC(=O)CNC(C)(C)C)c(O)c2c1C[C@H]1C[C@@H]3[C@@]4(O)C(=O)C(C(N)=O)=C(O)[C@]3(O)C1(C2=O)C4=O. The number of aromatic hydroxyl groups is 1. The Morgan fingerprint density at radius 2 is 1.75 bits per heavy atom. The maximum Gasteiger partial charge on any atom is 0.256 e. The van der Waals surface area contributed by atoms with Gasteiger partial charge in [-0.1, -0.05) is 0 Å². The predicted molar refractivity (Wildman–Crippen MR) is 140 cm³/mol. The number of carbonyl (C=O) groups excluding carboxylic acids is 5. The molecule has 2 saturated carbocycles. The van der Waals surface area contributed by atoms with E-state index in [0.717, 1.165) is 0 Å². The number of fused-ring (bicyclic) bond motifs is 1. The number of primary amides is 1. The van der Waals surface area contributed by atoms with Crippen molar-refractivity contribution in [2.75, 3.05) is 30.9 Å². The van der Waals surface area contributed by atoms with Gasteiger partial charge in [-0.3, -0.25) is 24.0 Å². The molecule has 4 bridgehead atoms. The number of aliphatic hydroxyl groups excluding tert-OH is 1. The number of nitrogens with one attached hydrogen (secondary N) is 2. The first-order valence-corrected chi connectivity index (χ1v) is 12.8. The molecule has 1 unspecified atom stereocenters. The second-order valence-corrected chi connectivity index (χ2v) is 12.3. The van der Waals surface area contributed by atoms with Gasteiger partial charge in [0.25, 0.3) is 5.91 Å². The molecule has 5 atom stereocenters. The van der Waals surface area contributed by atoms with Crippen molar-refractivity contribution in [1.29, 1.82) is 0 Å². The third kappa shape index (κ3) is 3.05. The van der Waals surface area contributed by atoms with Gasteiger partial charge in [0.2, 0.25) is 11.7 Å². The first-order valence-electron chi connectivity index (χ1n) is 12.8. The summed E-state index contributed by atoms with van der Waals surface area (Å²) in [6.07, 6.45) is -0.272. The average Bonchev–Trinajstić information content (AvgIpc) is 3.18. The molecule has 8 N–H and O–H groups in total. The Morgan fingerprint density at radius 1 is 1.12 bits per heavy atom. The summed E-state index contributed by atoms with van der Waals surface area (Å²) in [6, 6.07) is 1.48. The Hall–Kier alpha value is -3.81. The minimum atomic E-state index is -2.97. The van der Waals surface area contributed by atoms with Crippen LogP contribution in [-0.4, -0.2) is 87.0 Å². The number of phenolic OH excluding ortho intramolecular Hbond substituents is 1. The summed E-state index contributed by atoms with van der Waals surface area (Å²) in [6.45, 7) is 5.45. The van der Waals surface area contributed by atoms with Crippen LogP contribution in [0.2, 0.25) is 0 Å². The van der Waals surface area contributed by atoms with Crippen molar-refractivity contribution in [1.82, 2.24) is 5.32 Å². The van der Waals surface area contributed by atoms with Crippen LogP contribution in [0.25, 0.3) is 0 Å². The van der Waals surface area contributed by atoms with Crippen LogP contribution in [0.4, 0.5) is 11.4 Å². The monoisotopic (exact) mass is 556 g/mol. The third-order valence-electron chi connectivity index (χ3n) is 8.82. The fourth-order valence-electron chi connectivity index (χ4n) is 7.16. The Morgan fingerprint density at radius 3 is 2.30 bits per heavy atom. The van der Waals surface area contributed by atoms with Gasteiger partial charge < -0.3 is 41.7 Å². The maximum atomic E-state index is 14.4. The smallest absolute Gasteiger partial charge is 0.256 e. The summed E-state index contributed by atoms with van der Waals surface area (Å²) in [7, 11) is 3.35. The number of phenols is 1. The van der Waals surface area contributed by atoms with Crippen molar-refractivity contribution >= 4 is 40.5 Å². The molecule has 0 radical (unpaired) electrons. The van der Waals surface area contributed by atoms with E-state index in [0.29, 0.717) is 11.3 Å². The minimum Gasteiger partial charge on any atom is -0.508 e. The quantitative estimate of drug-likeness (QED) is 0.133. The number of aliphatic hydroxyl groups is 3. The normalized spacial score (nSPS) is 32.2. The van der Waals surface area contributed by atoms with Gasteiger partial charge in [0, 0.05) is 31.2 Å². The Labute approximate surface area is 229 Å². The highest BCUT2D eigenvalue weighted by Crippen LogP contribution is 2.73. The van der Waals surface area contributed by atoms with Gasteiger partial charge in [-0.2, -0.15) is 0 Å². The van der Waals surface area contributed by atoms with E-state index in [1.165, 1.54) is 6.07 Å². The van der Waals surface area contributed by atoms with Crippen LogP contribution in [0.3, 0.4) is 0 Å². The van der Waals surface area contributed by atoms with Gasteiger partial charge >= 0.3 is 0 Å². The molecule has 0 saturated heterocycles. The van der Waals surface area contributed by atoms with Gasteiger partial charge in [-0.05, 0) is 51.2 Å². The number of hydrogen-bond donors (Lipinski definition) is 7.